The third-order valence-electron chi connectivity index (χ3n) is 5.97. The summed E-state index contributed by atoms with van der Waals surface area (Å²) < 4.78 is 0. The first-order chi connectivity index (χ1) is 14.7. The SMILES string of the molecule is NC/C=C/C(=O)N1CCC(N(CC2CC2)c2cc(-c3ccncc3)c[nH]c2=O)CC1. The first kappa shape index (κ1) is 20.3. The van der Waals surface area contributed by atoms with E-state index in [1.807, 2.05) is 23.1 Å². The molecule has 3 N–H and O–H groups in total. The lowest BCUT2D eigenvalue weighted by Gasteiger charge is -2.39. The normalized spacial score (nSPS) is 17.4. The monoisotopic (exact) mass is 407 g/mol. The molecule has 0 atom stereocenters. The number of nitrogens with zero attached hydrogens (tertiary/aromatic N) is 3. The number of aromatic nitrogens is 2. The number of H-pyrrole nitrogens is 1. The minimum atomic E-state index is -0.0576. The van der Waals surface area contributed by atoms with Gasteiger partial charge >= 0.3 is 0 Å². The fraction of sp³-hybridized carbons (Fsp3) is 0.435. The van der Waals surface area contributed by atoms with Gasteiger partial charge in [0.05, 0.1) is 0 Å². The third-order valence-corrected chi connectivity index (χ3v) is 5.97. The number of rotatable bonds is 7. The van der Waals surface area contributed by atoms with Crippen molar-refractivity contribution in [1.82, 2.24) is 14.9 Å². The number of nitrogens with two attached hydrogens (primary N) is 1. The van der Waals surface area contributed by atoms with Gasteiger partial charge in [0.25, 0.3) is 5.56 Å². The molecule has 7 nitrogen and oxygen atoms in total. The summed E-state index contributed by atoms with van der Waals surface area (Å²) >= 11 is 0. The lowest BCUT2D eigenvalue weighted by Crippen LogP contribution is -2.48. The van der Waals surface area contributed by atoms with Crippen LogP contribution >= 0.6 is 0 Å². The summed E-state index contributed by atoms with van der Waals surface area (Å²) in [6.07, 6.45) is 12.7. The molecule has 1 amide bonds. The molecule has 1 saturated heterocycles. The molecule has 1 aliphatic carbocycles. The van der Waals surface area contributed by atoms with Crippen LogP contribution in [0, 0.1) is 5.92 Å². The van der Waals surface area contributed by atoms with Gasteiger partial charge < -0.3 is 20.5 Å². The maximum atomic E-state index is 12.8. The van der Waals surface area contributed by atoms with E-state index in [0.717, 1.165) is 36.2 Å². The molecule has 2 fully saturated rings. The van der Waals surface area contributed by atoms with Crippen molar-refractivity contribution >= 4 is 11.6 Å². The molecule has 7 heteroatoms. The van der Waals surface area contributed by atoms with Gasteiger partial charge in [-0.3, -0.25) is 14.6 Å². The van der Waals surface area contributed by atoms with Crippen LogP contribution in [0.5, 0.6) is 0 Å². The molecule has 158 valence electrons. The highest BCUT2D eigenvalue weighted by Crippen LogP contribution is 2.34. The number of carbonyl (C=O) groups is 1. The Morgan fingerprint density at radius 2 is 1.93 bits per heavy atom. The van der Waals surface area contributed by atoms with E-state index in [1.54, 1.807) is 30.7 Å². The third kappa shape index (κ3) is 4.79. The average Bonchev–Trinajstić information content (AvgIpc) is 3.61. The van der Waals surface area contributed by atoms with Gasteiger partial charge in [-0.25, -0.2) is 0 Å². The quantitative estimate of drug-likeness (QED) is 0.686. The molecule has 30 heavy (non-hydrogen) atoms. The summed E-state index contributed by atoms with van der Waals surface area (Å²) in [7, 11) is 0. The van der Waals surface area contributed by atoms with Crippen LogP contribution in [0.1, 0.15) is 25.7 Å². The average molecular weight is 408 g/mol. The number of hydrogen-bond acceptors (Lipinski definition) is 5. The highest BCUT2D eigenvalue weighted by atomic mass is 16.2. The van der Waals surface area contributed by atoms with E-state index in [-0.39, 0.29) is 17.5 Å². The molecule has 0 spiro atoms. The Bertz CT molecular complexity index is 944. The summed E-state index contributed by atoms with van der Waals surface area (Å²) in [6, 6.07) is 6.14. The summed E-state index contributed by atoms with van der Waals surface area (Å²) in [5.74, 6) is 0.673. The van der Waals surface area contributed by atoms with Gasteiger partial charge in [-0.1, -0.05) is 6.08 Å². The molecule has 0 bridgehead atoms. The van der Waals surface area contributed by atoms with Crippen LogP contribution in [0.15, 0.2) is 53.7 Å². The number of aromatic amines is 1. The van der Waals surface area contributed by atoms with Gasteiger partial charge in [-0.05, 0) is 55.4 Å². The zero-order valence-electron chi connectivity index (χ0n) is 17.2. The van der Waals surface area contributed by atoms with Crippen molar-refractivity contribution in [2.75, 3.05) is 31.1 Å². The molecule has 2 aromatic heterocycles. The van der Waals surface area contributed by atoms with Gasteiger partial charge in [0, 0.05) is 62.5 Å². The lowest BCUT2D eigenvalue weighted by atomic mass is 10.0. The van der Waals surface area contributed by atoms with E-state index in [0.29, 0.717) is 25.6 Å². The minimum absolute atomic E-state index is 0.0187. The molecule has 0 unspecified atom stereocenters. The van der Waals surface area contributed by atoms with E-state index in [2.05, 4.69) is 14.9 Å². The Balaban J connectivity index is 1.55. The number of amides is 1. The van der Waals surface area contributed by atoms with Gasteiger partial charge in [-0.2, -0.15) is 0 Å². The second kappa shape index (κ2) is 9.26. The summed E-state index contributed by atoms with van der Waals surface area (Å²) in [4.78, 5) is 36.2. The van der Waals surface area contributed by atoms with Gasteiger partial charge in [0.1, 0.15) is 5.69 Å². The van der Waals surface area contributed by atoms with Gasteiger partial charge in [0.2, 0.25) is 5.91 Å². The van der Waals surface area contributed by atoms with E-state index >= 15 is 0 Å². The van der Waals surface area contributed by atoms with E-state index in [4.69, 9.17) is 5.73 Å². The maximum absolute atomic E-state index is 12.8. The number of nitrogens with one attached hydrogen (secondary N) is 1. The van der Waals surface area contributed by atoms with Crippen molar-refractivity contribution in [1.29, 1.82) is 0 Å². The van der Waals surface area contributed by atoms with Crippen molar-refractivity contribution in [3.05, 3.63) is 59.3 Å². The summed E-state index contributed by atoms with van der Waals surface area (Å²) in [5.41, 5.74) is 8.13. The molecule has 2 aliphatic rings. The van der Waals surface area contributed by atoms with Gasteiger partial charge in [-0.15, -0.1) is 0 Å². The lowest BCUT2D eigenvalue weighted by molar-refractivity contribution is -0.127. The Morgan fingerprint density at radius 3 is 2.60 bits per heavy atom. The number of hydrogen-bond donors (Lipinski definition) is 2. The molecule has 1 aliphatic heterocycles. The first-order valence-corrected chi connectivity index (χ1v) is 10.7. The zero-order chi connectivity index (χ0) is 20.9. The zero-order valence-corrected chi connectivity index (χ0v) is 17.2. The van der Waals surface area contributed by atoms with Crippen molar-refractivity contribution < 1.29 is 4.79 Å². The molecule has 2 aromatic rings. The smallest absolute Gasteiger partial charge is 0.271 e. The Hall–Kier alpha value is -2.93. The second-order valence-corrected chi connectivity index (χ2v) is 8.13. The number of pyridine rings is 2. The van der Waals surface area contributed by atoms with Crippen LogP contribution in [0.3, 0.4) is 0 Å². The number of piperidine rings is 1. The highest BCUT2D eigenvalue weighted by molar-refractivity contribution is 5.87. The van der Waals surface area contributed by atoms with Crippen LogP contribution < -0.4 is 16.2 Å². The maximum Gasteiger partial charge on any atom is 0.271 e. The van der Waals surface area contributed by atoms with Gasteiger partial charge in [0.15, 0.2) is 0 Å². The molecular weight excluding hydrogens is 378 g/mol. The van der Waals surface area contributed by atoms with Crippen molar-refractivity contribution in [3.8, 4) is 11.1 Å². The molecule has 1 saturated carbocycles. The second-order valence-electron chi connectivity index (χ2n) is 8.13. The molecule has 4 rings (SSSR count). The van der Waals surface area contributed by atoms with E-state index < -0.39 is 0 Å². The van der Waals surface area contributed by atoms with Crippen molar-refractivity contribution in [3.63, 3.8) is 0 Å². The molecule has 3 heterocycles. The largest absolute Gasteiger partial charge is 0.364 e. The highest BCUT2D eigenvalue weighted by Gasteiger charge is 2.32. The Morgan fingerprint density at radius 1 is 1.20 bits per heavy atom. The van der Waals surface area contributed by atoms with Crippen molar-refractivity contribution in [2.24, 2.45) is 11.7 Å². The van der Waals surface area contributed by atoms with E-state index in [1.165, 1.54) is 12.8 Å². The fourth-order valence-electron chi connectivity index (χ4n) is 4.09. The standard InChI is InChI=1S/C23H29N5O2/c24-9-1-2-22(29)27-12-7-20(8-13-27)28(16-17-3-4-17)21-14-19(15-26-23(21)30)18-5-10-25-11-6-18/h1-2,5-6,10-11,14-15,17,20H,3-4,7-9,12-13,16,24H2,(H,26,30)/b2-1+. The minimum Gasteiger partial charge on any atom is -0.364 e. The van der Waals surface area contributed by atoms with Crippen LogP contribution in [-0.2, 0) is 4.79 Å². The Kier molecular flexibility index (Phi) is 6.28. The fourth-order valence-corrected chi connectivity index (χ4v) is 4.09. The van der Waals surface area contributed by atoms with Crippen molar-refractivity contribution in [2.45, 2.75) is 31.7 Å². The molecular formula is C23H29N5O2. The Labute approximate surface area is 176 Å². The molecule has 0 radical (unpaired) electrons. The first-order valence-electron chi connectivity index (χ1n) is 10.7. The van der Waals surface area contributed by atoms with Crippen LogP contribution in [0.2, 0.25) is 0 Å². The topological polar surface area (TPSA) is 95.3 Å². The number of carbonyl (C=O) groups excluding carboxylic acids is 1. The van der Waals surface area contributed by atoms with Crippen LogP contribution in [0.25, 0.3) is 11.1 Å². The number of likely N-dealkylation sites (tertiary alicyclic amines) is 1. The summed E-state index contributed by atoms with van der Waals surface area (Å²) in [6.45, 7) is 2.66. The summed E-state index contributed by atoms with van der Waals surface area (Å²) in [5, 5.41) is 0. The predicted octanol–water partition coefficient (Wildman–Crippen LogP) is 2.16. The van der Waals surface area contributed by atoms with Crippen LogP contribution in [-0.4, -0.2) is 53.0 Å². The predicted molar refractivity (Wildman–Crippen MR) is 118 cm³/mol. The number of anilines is 1. The van der Waals surface area contributed by atoms with E-state index in [9.17, 15) is 9.59 Å². The molecule has 0 aromatic carbocycles. The van der Waals surface area contributed by atoms with Crippen LogP contribution in [0.4, 0.5) is 5.69 Å².